The highest BCUT2D eigenvalue weighted by molar-refractivity contribution is 5.92. The summed E-state index contributed by atoms with van der Waals surface area (Å²) in [5, 5.41) is 5.42. The maximum absolute atomic E-state index is 12.4. The summed E-state index contributed by atoms with van der Waals surface area (Å²) in [6.45, 7) is 0.465. The highest BCUT2D eigenvalue weighted by Crippen LogP contribution is 2.40. The Morgan fingerprint density at radius 1 is 0.839 bits per heavy atom. The molecule has 168 valence electrons. The minimum Gasteiger partial charge on any atom is -0.493 e. The van der Waals surface area contributed by atoms with Gasteiger partial charge in [-0.3, -0.25) is 10.1 Å². The monoisotopic (exact) mass is 432 g/mol. The zero-order valence-electron chi connectivity index (χ0n) is 18.2. The van der Waals surface area contributed by atoms with Crippen LogP contribution < -0.4 is 24.8 Å². The van der Waals surface area contributed by atoms with Crippen LogP contribution in [0.2, 0.25) is 0 Å². The SMILES string of the molecule is COCCOC(=O)Nc1cccc(NC(=O)CCc2ccc(OC)c(OC)c2OC)c1. The van der Waals surface area contributed by atoms with E-state index in [1.54, 1.807) is 44.6 Å². The number of hydrogen-bond acceptors (Lipinski definition) is 7. The largest absolute Gasteiger partial charge is 0.493 e. The number of anilines is 2. The van der Waals surface area contributed by atoms with Gasteiger partial charge in [0.2, 0.25) is 11.7 Å². The number of aryl methyl sites for hydroxylation is 1. The van der Waals surface area contributed by atoms with Crippen molar-refractivity contribution in [2.45, 2.75) is 12.8 Å². The lowest BCUT2D eigenvalue weighted by molar-refractivity contribution is -0.116. The lowest BCUT2D eigenvalue weighted by atomic mass is 10.1. The van der Waals surface area contributed by atoms with Crippen LogP contribution in [0.15, 0.2) is 36.4 Å². The molecule has 0 aliphatic carbocycles. The Morgan fingerprint density at radius 3 is 2.19 bits per heavy atom. The van der Waals surface area contributed by atoms with Gasteiger partial charge in [0.25, 0.3) is 0 Å². The van der Waals surface area contributed by atoms with Gasteiger partial charge in [-0.2, -0.15) is 0 Å². The van der Waals surface area contributed by atoms with Gasteiger partial charge < -0.3 is 29.0 Å². The minimum atomic E-state index is -0.596. The lowest BCUT2D eigenvalue weighted by Crippen LogP contribution is -2.17. The fraction of sp³-hybridized carbons (Fsp3) is 0.364. The van der Waals surface area contributed by atoms with Crippen molar-refractivity contribution in [3.63, 3.8) is 0 Å². The summed E-state index contributed by atoms with van der Waals surface area (Å²) >= 11 is 0. The Kier molecular flexibility index (Phi) is 9.44. The third kappa shape index (κ3) is 7.07. The van der Waals surface area contributed by atoms with E-state index in [1.165, 1.54) is 14.2 Å². The smallest absolute Gasteiger partial charge is 0.411 e. The van der Waals surface area contributed by atoms with Gasteiger partial charge in [0, 0.05) is 24.9 Å². The Balaban J connectivity index is 1.96. The number of hydrogen-bond donors (Lipinski definition) is 2. The average Bonchev–Trinajstić information content (AvgIpc) is 2.77. The van der Waals surface area contributed by atoms with Crippen molar-refractivity contribution < 1.29 is 33.3 Å². The first-order chi connectivity index (χ1) is 15.0. The average molecular weight is 432 g/mol. The molecule has 2 rings (SSSR count). The van der Waals surface area contributed by atoms with Crippen LogP contribution in [-0.2, 0) is 20.7 Å². The van der Waals surface area contributed by atoms with Crippen molar-refractivity contribution >= 4 is 23.4 Å². The summed E-state index contributed by atoms with van der Waals surface area (Å²) in [7, 11) is 6.15. The maximum atomic E-state index is 12.4. The van der Waals surface area contributed by atoms with Crippen molar-refractivity contribution in [2.75, 3.05) is 52.3 Å². The number of carbonyl (C=O) groups excluding carboxylic acids is 2. The van der Waals surface area contributed by atoms with Crippen molar-refractivity contribution in [2.24, 2.45) is 0 Å². The molecule has 9 nitrogen and oxygen atoms in total. The third-order valence-corrected chi connectivity index (χ3v) is 4.32. The van der Waals surface area contributed by atoms with Crippen molar-refractivity contribution in [3.8, 4) is 17.2 Å². The molecule has 2 N–H and O–H groups in total. The topological polar surface area (TPSA) is 104 Å². The molecule has 0 saturated heterocycles. The lowest BCUT2D eigenvalue weighted by Gasteiger charge is -2.15. The summed E-state index contributed by atoms with van der Waals surface area (Å²) < 4.78 is 25.9. The van der Waals surface area contributed by atoms with Gasteiger partial charge in [-0.1, -0.05) is 12.1 Å². The molecule has 31 heavy (non-hydrogen) atoms. The number of benzene rings is 2. The molecule has 0 spiro atoms. The number of ether oxygens (including phenoxy) is 5. The number of carbonyl (C=O) groups is 2. The predicted octanol–water partition coefficient (Wildman–Crippen LogP) is 3.48. The van der Waals surface area contributed by atoms with E-state index in [9.17, 15) is 9.59 Å². The highest BCUT2D eigenvalue weighted by atomic mass is 16.6. The Morgan fingerprint density at radius 2 is 1.55 bits per heavy atom. The second-order valence-electron chi connectivity index (χ2n) is 6.38. The Labute approximate surface area is 181 Å². The van der Waals surface area contributed by atoms with Gasteiger partial charge in [0.15, 0.2) is 11.5 Å². The summed E-state index contributed by atoms with van der Waals surface area (Å²) in [6, 6.07) is 10.4. The van der Waals surface area contributed by atoms with Gasteiger partial charge in [-0.15, -0.1) is 0 Å². The second kappa shape index (κ2) is 12.3. The molecule has 0 heterocycles. The van der Waals surface area contributed by atoms with Gasteiger partial charge in [0.05, 0.1) is 27.9 Å². The minimum absolute atomic E-state index is 0.151. The van der Waals surface area contributed by atoms with Crippen LogP contribution in [0, 0.1) is 0 Å². The predicted molar refractivity (Wildman–Crippen MR) is 116 cm³/mol. The van der Waals surface area contributed by atoms with E-state index >= 15 is 0 Å². The quantitative estimate of drug-likeness (QED) is 0.524. The molecular weight excluding hydrogens is 404 g/mol. The van der Waals surface area contributed by atoms with Gasteiger partial charge in [-0.25, -0.2) is 4.79 Å². The first-order valence-electron chi connectivity index (χ1n) is 9.62. The molecule has 9 heteroatoms. The Bertz CT molecular complexity index is 886. The molecule has 0 radical (unpaired) electrons. The Hall–Kier alpha value is -3.46. The zero-order chi connectivity index (χ0) is 22.6. The standard InChI is InChI=1S/C22H28N2O7/c1-27-12-13-31-22(26)24-17-7-5-6-16(14-17)23-19(25)11-9-15-8-10-18(28-2)21(30-4)20(15)29-3/h5-8,10,14H,9,11-13H2,1-4H3,(H,23,25)(H,24,26). The molecule has 0 aliphatic rings. The van der Waals surface area contributed by atoms with Crippen LogP contribution in [0.5, 0.6) is 17.2 Å². The number of nitrogens with one attached hydrogen (secondary N) is 2. The molecule has 0 aromatic heterocycles. The molecule has 0 bridgehead atoms. The van der Waals surface area contributed by atoms with Crippen LogP contribution in [0.25, 0.3) is 0 Å². The molecule has 2 amide bonds. The molecule has 2 aromatic carbocycles. The zero-order valence-corrected chi connectivity index (χ0v) is 18.2. The van der Waals surface area contributed by atoms with Gasteiger partial charge >= 0.3 is 6.09 Å². The van der Waals surface area contributed by atoms with Crippen LogP contribution in [-0.4, -0.2) is 53.7 Å². The fourth-order valence-electron chi connectivity index (χ4n) is 2.88. The van der Waals surface area contributed by atoms with E-state index in [-0.39, 0.29) is 18.9 Å². The number of methoxy groups -OCH3 is 4. The maximum Gasteiger partial charge on any atom is 0.411 e. The normalized spacial score (nSPS) is 10.2. The molecule has 0 saturated carbocycles. The van der Waals surface area contributed by atoms with E-state index in [0.29, 0.717) is 41.7 Å². The molecular formula is C22H28N2O7. The van der Waals surface area contributed by atoms with Crippen LogP contribution in [0.3, 0.4) is 0 Å². The van der Waals surface area contributed by atoms with E-state index in [1.807, 2.05) is 6.07 Å². The van der Waals surface area contributed by atoms with Gasteiger partial charge in [-0.05, 0) is 36.2 Å². The first-order valence-corrected chi connectivity index (χ1v) is 9.62. The van der Waals surface area contributed by atoms with E-state index in [0.717, 1.165) is 5.56 Å². The molecule has 0 aliphatic heterocycles. The van der Waals surface area contributed by atoms with Crippen molar-refractivity contribution in [1.29, 1.82) is 0 Å². The third-order valence-electron chi connectivity index (χ3n) is 4.32. The summed E-state index contributed by atoms with van der Waals surface area (Å²) in [4.78, 5) is 24.2. The molecule has 0 atom stereocenters. The first kappa shape index (κ1) is 23.8. The summed E-state index contributed by atoms with van der Waals surface area (Å²) in [5.74, 6) is 1.39. The highest BCUT2D eigenvalue weighted by Gasteiger charge is 2.16. The summed E-state index contributed by atoms with van der Waals surface area (Å²) in [6.07, 6.45) is 0.0721. The van der Waals surface area contributed by atoms with Crippen LogP contribution in [0.4, 0.5) is 16.2 Å². The number of amides is 2. The van der Waals surface area contributed by atoms with E-state index < -0.39 is 6.09 Å². The van der Waals surface area contributed by atoms with E-state index in [2.05, 4.69) is 10.6 Å². The molecule has 2 aromatic rings. The summed E-state index contributed by atoms with van der Waals surface area (Å²) in [5.41, 5.74) is 1.88. The van der Waals surface area contributed by atoms with Gasteiger partial charge in [0.1, 0.15) is 6.61 Å². The molecule has 0 unspecified atom stereocenters. The fourth-order valence-corrected chi connectivity index (χ4v) is 2.88. The van der Waals surface area contributed by atoms with E-state index in [4.69, 9.17) is 23.7 Å². The van der Waals surface area contributed by atoms with Crippen LogP contribution >= 0.6 is 0 Å². The van der Waals surface area contributed by atoms with Crippen molar-refractivity contribution in [3.05, 3.63) is 42.0 Å². The number of rotatable bonds is 11. The molecule has 0 fully saturated rings. The van der Waals surface area contributed by atoms with Crippen LogP contribution in [0.1, 0.15) is 12.0 Å². The van der Waals surface area contributed by atoms with Crippen molar-refractivity contribution in [1.82, 2.24) is 0 Å². The second-order valence-corrected chi connectivity index (χ2v) is 6.38.